The van der Waals surface area contributed by atoms with E-state index in [1.807, 2.05) is 37.3 Å². The maximum absolute atomic E-state index is 13.4. The smallest absolute Gasteiger partial charge is 0.338 e. The van der Waals surface area contributed by atoms with Gasteiger partial charge in [0.05, 0.1) is 10.5 Å². The van der Waals surface area contributed by atoms with Gasteiger partial charge in [0.2, 0.25) is 10.0 Å². The fourth-order valence-corrected chi connectivity index (χ4v) is 8.98. The quantitative estimate of drug-likeness (QED) is 0.295. The number of benzene rings is 3. The molecule has 198 valence electrons. The van der Waals surface area contributed by atoms with Crippen molar-refractivity contribution in [2.45, 2.75) is 56.4 Å². The summed E-state index contributed by atoms with van der Waals surface area (Å²) in [6.07, 6.45) is 7.19. The monoisotopic (exact) mass is 531 g/mol. The van der Waals surface area contributed by atoms with Gasteiger partial charge in [0.15, 0.2) is 12.4 Å². The van der Waals surface area contributed by atoms with Crippen molar-refractivity contribution < 1.29 is 22.7 Å². The number of nitrogens with one attached hydrogen (secondary N) is 1. The number of hydrogen-bond donors (Lipinski definition) is 1. The number of hydrogen-bond acceptors (Lipinski definition) is 5. The molecule has 0 spiro atoms. The van der Waals surface area contributed by atoms with E-state index in [1.165, 1.54) is 43.5 Å². The number of sulfonamides is 1. The molecule has 4 bridgehead atoms. The van der Waals surface area contributed by atoms with Crippen LogP contribution < -0.4 is 4.72 Å². The SMILES string of the molecule is C[C@H](NS(=O)(=O)c1cccc(C(=O)OCC(=O)c2ccc3ccccc3c2)c1)C12CC3CC(CC(C3)C1)C2. The summed E-state index contributed by atoms with van der Waals surface area (Å²) in [6, 6.07) is 18.7. The van der Waals surface area contributed by atoms with Crippen LogP contribution in [-0.2, 0) is 14.8 Å². The maximum atomic E-state index is 13.4. The highest BCUT2D eigenvalue weighted by Gasteiger charge is 2.53. The number of esters is 1. The summed E-state index contributed by atoms with van der Waals surface area (Å²) in [5, 5.41) is 1.95. The first kappa shape index (κ1) is 25.3. The van der Waals surface area contributed by atoms with Crippen molar-refractivity contribution in [3.05, 3.63) is 77.9 Å². The van der Waals surface area contributed by atoms with Gasteiger partial charge in [-0.05, 0) is 104 Å². The summed E-state index contributed by atoms with van der Waals surface area (Å²) in [5.41, 5.74) is 0.582. The fraction of sp³-hybridized carbons (Fsp3) is 0.419. The number of carbonyl (C=O) groups is 2. The van der Waals surface area contributed by atoms with Gasteiger partial charge in [0, 0.05) is 11.6 Å². The van der Waals surface area contributed by atoms with Crippen molar-refractivity contribution in [2.24, 2.45) is 23.2 Å². The fourth-order valence-electron chi connectivity index (χ4n) is 7.58. The first-order valence-electron chi connectivity index (χ1n) is 13.5. The molecule has 6 nitrogen and oxygen atoms in total. The number of Topliss-reactive ketones (excluding diaryl/α,β-unsaturated/α-hetero) is 1. The third-order valence-electron chi connectivity index (χ3n) is 9.12. The Labute approximate surface area is 223 Å². The minimum absolute atomic E-state index is 0.0293. The lowest BCUT2D eigenvalue weighted by Crippen LogP contribution is -2.55. The molecule has 0 aliphatic heterocycles. The Morgan fingerprint density at radius 3 is 2.21 bits per heavy atom. The highest BCUT2D eigenvalue weighted by molar-refractivity contribution is 7.89. The van der Waals surface area contributed by atoms with Crippen LogP contribution in [0, 0.1) is 23.2 Å². The zero-order chi connectivity index (χ0) is 26.5. The molecule has 0 heterocycles. The largest absolute Gasteiger partial charge is 0.454 e. The summed E-state index contributed by atoms with van der Waals surface area (Å²) in [6.45, 7) is 1.58. The Balaban J connectivity index is 1.12. The maximum Gasteiger partial charge on any atom is 0.338 e. The molecule has 0 saturated heterocycles. The number of ether oxygens (including phenoxy) is 1. The second-order valence-electron chi connectivity index (χ2n) is 11.7. The van der Waals surface area contributed by atoms with Crippen LogP contribution in [0.3, 0.4) is 0 Å². The van der Waals surface area contributed by atoms with Gasteiger partial charge in [0.1, 0.15) is 0 Å². The molecule has 4 fully saturated rings. The van der Waals surface area contributed by atoms with Gasteiger partial charge in [-0.1, -0.05) is 42.5 Å². The van der Waals surface area contributed by atoms with E-state index >= 15 is 0 Å². The van der Waals surface area contributed by atoms with Crippen molar-refractivity contribution in [3.8, 4) is 0 Å². The molecule has 0 unspecified atom stereocenters. The van der Waals surface area contributed by atoms with Crippen molar-refractivity contribution >= 4 is 32.5 Å². The zero-order valence-electron chi connectivity index (χ0n) is 21.6. The van der Waals surface area contributed by atoms with Crippen LogP contribution in [0.5, 0.6) is 0 Å². The lowest BCUT2D eigenvalue weighted by atomic mass is 9.48. The molecule has 0 aromatic heterocycles. The molecule has 0 amide bonds. The molecule has 1 N–H and O–H groups in total. The Bertz CT molecular complexity index is 1480. The highest BCUT2D eigenvalue weighted by atomic mass is 32.2. The lowest BCUT2D eigenvalue weighted by molar-refractivity contribution is -0.0666. The van der Waals surface area contributed by atoms with Crippen LogP contribution in [0.15, 0.2) is 71.6 Å². The van der Waals surface area contributed by atoms with E-state index in [4.69, 9.17) is 4.74 Å². The third kappa shape index (κ3) is 4.78. The second-order valence-corrected chi connectivity index (χ2v) is 13.4. The molecule has 1 atom stereocenters. The summed E-state index contributed by atoms with van der Waals surface area (Å²) in [5.74, 6) is 1.13. The van der Waals surface area contributed by atoms with Crippen molar-refractivity contribution in [1.82, 2.24) is 4.72 Å². The first-order valence-corrected chi connectivity index (χ1v) is 15.0. The van der Waals surface area contributed by atoms with E-state index in [2.05, 4.69) is 4.72 Å². The van der Waals surface area contributed by atoms with Crippen LogP contribution in [-0.4, -0.2) is 32.8 Å². The minimum Gasteiger partial charge on any atom is -0.454 e. The summed E-state index contributed by atoms with van der Waals surface area (Å²) >= 11 is 0. The molecule has 4 saturated carbocycles. The van der Waals surface area contributed by atoms with Crippen LogP contribution in [0.4, 0.5) is 0 Å². The highest BCUT2D eigenvalue weighted by Crippen LogP contribution is 2.61. The van der Waals surface area contributed by atoms with Gasteiger partial charge >= 0.3 is 5.97 Å². The second kappa shape index (κ2) is 9.62. The Morgan fingerprint density at radius 1 is 0.868 bits per heavy atom. The van der Waals surface area contributed by atoms with Gasteiger partial charge < -0.3 is 4.74 Å². The van der Waals surface area contributed by atoms with Crippen LogP contribution >= 0.6 is 0 Å². The van der Waals surface area contributed by atoms with Crippen LogP contribution in [0.25, 0.3) is 10.8 Å². The molecule has 7 heteroatoms. The van der Waals surface area contributed by atoms with E-state index in [0.717, 1.165) is 47.8 Å². The van der Waals surface area contributed by atoms with Crippen molar-refractivity contribution in [1.29, 1.82) is 0 Å². The number of ketones is 1. The standard InChI is InChI=1S/C31H33NO5S/c1-20(31-16-21-11-22(17-31)13-23(12-21)18-31)32-38(35,36)28-8-4-7-27(15-28)30(34)37-19-29(33)26-10-9-24-5-2-3-6-25(24)14-26/h2-10,14-15,20-23,32H,11-13,16-19H2,1H3/t20-,21?,22?,23?,31?/m0/s1. The summed E-state index contributed by atoms with van der Waals surface area (Å²) < 4.78 is 34.9. The Kier molecular flexibility index (Phi) is 6.39. The van der Waals surface area contributed by atoms with Crippen molar-refractivity contribution in [2.75, 3.05) is 6.61 Å². The summed E-state index contributed by atoms with van der Waals surface area (Å²) in [7, 11) is -3.83. The number of rotatable bonds is 8. The molecule has 38 heavy (non-hydrogen) atoms. The van der Waals surface area contributed by atoms with E-state index in [9.17, 15) is 18.0 Å². The van der Waals surface area contributed by atoms with E-state index in [-0.39, 0.29) is 27.7 Å². The van der Waals surface area contributed by atoms with Gasteiger partial charge in [-0.25, -0.2) is 17.9 Å². The molecule has 3 aromatic carbocycles. The number of carbonyl (C=O) groups excluding carboxylic acids is 2. The Morgan fingerprint density at radius 2 is 1.53 bits per heavy atom. The van der Waals surface area contributed by atoms with E-state index in [0.29, 0.717) is 5.56 Å². The summed E-state index contributed by atoms with van der Waals surface area (Å²) in [4.78, 5) is 25.4. The van der Waals surface area contributed by atoms with Gasteiger partial charge in [-0.2, -0.15) is 0 Å². The number of fused-ring (bicyclic) bond motifs is 1. The predicted octanol–water partition coefficient (Wildman–Crippen LogP) is 5.76. The predicted molar refractivity (Wildman–Crippen MR) is 145 cm³/mol. The molecular formula is C31H33NO5S. The third-order valence-corrected chi connectivity index (χ3v) is 10.7. The zero-order valence-corrected chi connectivity index (χ0v) is 22.4. The normalized spacial score (nSPS) is 26.8. The van der Waals surface area contributed by atoms with E-state index in [1.54, 1.807) is 12.1 Å². The topological polar surface area (TPSA) is 89.5 Å². The Hall–Kier alpha value is -3.03. The molecule has 0 radical (unpaired) electrons. The van der Waals surface area contributed by atoms with Gasteiger partial charge in [-0.15, -0.1) is 0 Å². The van der Waals surface area contributed by atoms with Gasteiger partial charge in [0.25, 0.3) is 0 Å². The minimum atomic E-state index is -3.83. The first-order chi connectivity index (χ1) is 18.2. The molecule has 7 rings (SSSR count). The molecule has 4 aliphatic carbocycles. The van der Waals surface area contributed by atoms with Crippen LogP contribution in [0.1, 0.15) is 66.2 Å². The van der Waals surface area contributed by atoms with Gasteiger partial charge in [-0.3, -0.25) is 4.79 Å². The molecule has 3 aromatic rings. The average molecular weight is 532 g/mol. The van der Waals surface area contributed by atoms with E-state index < -0.39 is 22.6 Å². The van der Waals surface area contributed by atoms with Crippen LogP contribution in [0.2, 0.25) is 0 Å². The molecular weight excluding hydrogens is 498 g/mol. The lowest BCUT2D eigenvalue weighted by Gasteiger charge is -2.59. The average Bonchev–Trinajstić information content (AvgIpc) is 2.90. The molecule has 4 aliphatic rings. The van der Waals surface area contributed by atoms with Crippen molar-refractivity contribution in [3.63, 3.8) is 0 Å².